The first-order chi connectivity index (χ1) is 10.7. The number of carbonyl (C=O) groups is 2. The van der Waals surface area contributed by atoms with E-state index in [-0.39, 0.29) is 24.5 Å². The lowest BCUT2D eigenvalue weighted by Crippen LogP contribution is -2.45. The second-order valence-electron chi connectivity index (χ2n) is 5.76. The van der Waals surface area contributed by atoms with E-state index in [9.17, 15) is 9.59 Å². The van der Waals surface area contributed by atoms with Crippen LogP contribution >= 0.6 is 0 Å². The number of hydrogen-bond acceptors (Lipinski definition) is 2. The molecule has 0 aliphatic heterocycles. The zero-order valence-electron chi connectivity index (χ0n) is 13.2. The van der Waals surface area contributed by atoms with Crippen molar-refractivity contribution in [1.29, 1.82) is 0 Å². The lowest BCUT2D eigenvalue weighted by Gasteiger charge is -2.22. The SMILES string of the molecule is CCc1ccc(NC(=O)CNC(=O)NC2CCCCC2)cc1. The molecule has 5 heteroatoms. The van der Waals surface area contributed by atoms with Crippen molar-refractivity contribution < 1.29 is 9.59 Å². The predicted octanol–water partition coefficient (Wildman–Crippen LogP) is 2.82. The van der Waals surface area contributed by atoms with Crippen molar-refractivity contribution in [1.82, 2.24) is 10.6 Å². The van der Waals surface area contributed by atoms with E-state index in [1.165, 1.54) is 24.8 Å². The van der Waals surface area contributed by atoms with Gasteiger partial charge in [-0.3, -0.25) is 4.79 Å². The monoisotopic (exact) mass is 303 g/mol. The number of nitrogens with one attached hydrogen (secondary N) is 3. The highest BCUT2D eigenvalue weighted by Crippen LogP contribution is 2.17. The van der Waals surface area contributed by atoms with Gasteiger partial charge >= 0.3 is 6.03 Å². The molecule has 1 aliphatic carbocycles. The molecule has 1 aliphatic rings. The van der Waals surface area contributed by atoms with Gasteiger partial charge in [0.25, 0.3) is 0 Å². The molecule has 1 saturated carbocycles. The Kier molecular flexibility index (Phi) is 6.25. The summed E-state index contributed by atoms with van der Waals surface area (Å²) in [6.07, 6.45) is 6.61. The normalized spacial score (nSPS) is 15.1. The van der Waals surface area contributed by atoms with Gasteiger partial charge < -0.3 is 16.0 Å². The van der Waals surface area contributed by atoms with Gasteiger partial charge in [0.15, 0.2) is 0 Å². The largest absolute Gasteiger partial charge is 0.335 e. The van der Waals surface area contributed by atoms with Crippen molar-refractivity contribution in [3.05, 3.63) is 29.8 Å². The number of anilines is 1. The van der Waals surface area contributed by atoms with Gasteiger partial charge in [-0.1, -0.05) is 38.3 Å². The Balaban J connectivity index is 1.68. The number of urea groups is 1. The average Bonchev–Trinajstić information content (AvgIpc) is 2.55. The van der Waals surface area contributed by atoms with Gasteiger partial charge in [0.05, 0.1) is 6.54 Å². The quantitative estimate of drug-likeness (QED) is 0.783. The van der Waals surface area contributed by atoms with Crippen molar-refractivity contribution in [3.63, 3.8) is 0 Å². The molecule has 0 unspecified atom stereocenters. The Bertz CT molecular complexity index is 493. The van der Waals surface area contributed by atoms with E-state index < -0.39 is 0 Å². The van der Waals surface area contributed by atoms with E-state index in [0.29, 0.717) is 0 Å². The first-order valence-corrected chi connectivity index (χ1v) is 8.10. The number of hydrogen-bond donors (Lipinski definition) is 3. The van der Waals surface area contributed by atoms with Crippen LogP contribution in [0.5, 0.6) is 0 Å². The third kappa shape index (κ3) is 5.39. The molecule has 1 aromatic rings. The molecule has 0 heterocycles. The van der Waals surface area contributed by atoms with Crippen LogP contribution in [0.15, 0.2) is 24.3 Å². The van der Waals surface area contributed by atoms with Crippen molar-refractivity contribution in [2.24, 2.45) is 0 Å². The van der Waals surface area contributed by atoms with Gasteiger partial charge in [-0.2, -0.15) is 0 Å². The third-order valence-corrected chi connectivity index (χ3v) is 4.00. The van der Waals surface area contributed by atoms with Gasteiger partial charge in [0.2, 0.25) is 5.91 Å². The Labute approximate surface area is 131 Å². The van der Waals surface area contributed by atoms with Gasteiger partial charge in [-0.15, -0.1) is 0 Å². The lowest BCUT2D eigenvalue weighted by atomic mass is 9.96. The zero-order valence-corrected chi connectivity index (χ0v) is 13.2. The molecular weight excluding hydrogens is 278 g/mol. The van der Waals surface area contributed by atoms with Gasteiger partial charge in [-0.05, 0) is 37.0 Å². The molecule has 22 heavy (non-hydrogen) atoms. The van der Waals surface area contributed by atoms with Crippen LogP contribution in [0.3, 0.4) is 0 Å². The molecular formula is C17H25N3O2. The summed E-state index contributed by atoms with van der Waals surface area (Å²) in [4.78, 5) is 23.6. The van der Waals surface area contributed by atoms with E-state index >= 15 is 0 Å². The topological polar surface area (TPSA) is 70.2 Å². The number of aryl methyl sites for hydroxylation is 1. The van der Waals surface area contributed by atoms with Gasteiger partial charge in [0, 0.05) is 11.7 Å². The summed E-state index contributed by atoms with van der Waals surface area (Å²) in [5.74, 6) is -0.219. The molecule has 2 rings (SSSR count). The first kappa shape index (κ1) is 16.3. The Morgan fingerprint density at radius 1 is 1.09 bits per heavy atom. The minimum absolute atomic E-state index is 0.0198. The van der Waals surface area contributed by atoms with Crippen LogP contribution in [-0.4, -0.2) is 24.5 Å². The average molecular weight is 303 g/mol. The lowest BCUT2D eigenvalue weighted by molar-refractivity contribution is -0.115. The van der Waals surface area contributed by atoms with Crippen LogP contribution in [0.1, 0.15) is 44.6 Å². The molecule has 120 valence electrons. The first-order valence-electron chi connectivity index (χ1n) is 8.10. The van der Waals surface area contributed by atoms with E-state index in [2.05, 4.69) is 22.9 Å². The predicted molar refractivity (Wildman–Crippen MR) is 87.9 cm³/mol. The number of benzene rings is 1. The molecule has 0 saturated heterocycles. The van der Waals surface area contributed by atoms with Crippen LogP contribution in [0.2, 0.25) is 0 Å². The van der Waals surface area contributed by atoms with Crippen LogP contribution in [0.25, 0.3) is 0 Å². The summed E-state index contributed by atoms with van der Waals surface area (Å²) in [6, 6.07) is 7.71. The molecule has 0 aromatic heterocycles. The molecule has 3 N–H and O–H groups in total. The van der Waals surface area contributed by atoms with E-state index in [1.807, 2.05) is 24.3 Å². The van der Waals surface area contributed by atoms with E-state index in [1.54, 1.807) is 0 Å². The fourth-order valence-corrected chi connectivity index (χ4v) is 2.67. The Morgan fingerprint density at radius 2 is 1.77 bits per heavy atom. The van der Waals surface area contributed by atoms with E-state index in [4.69, 9.17) is 0 Å². The van der Waals surface area contributed by atoms with Gasteiger partial charge in [0.1, 0.15) is 0 Å². The number of rotatable bonds is 5. The maximum atomic E-state index is 11.8. The molecule has 0 bridgehead atoms. The maximum absolute atomic E-state index is 11.8. The second kappa shape index (κ2) is 8.41. The number of carbonyl (C=O) groups excluding carboxylic acids is 2. The highest BCUT2D eigenvalue weighted by Gasteiger charge is 2.15. The Morgan fingerprint density at radius 3 is 2.41 bits per heavy atom. The zero-order chi connectivity index (χ0) is 15.8. The second-order valence-corrected chi connectivity index (χ2v) is 5.76. The summed E-state index contributed by atoms with van der Waals surface area (Å²) in [5, 5.41) is 8.30. The smallest absolute Gasteiger partial charge is 0.315 e. The highest BCUT2D eigenvalue weighted by molar-refractivity contribution is 5.94. The molecule has 1 fully saturated rings. The fourth-order valence-electron chi connectivity index (χ4n) is 2.67. The molecule has 0 spiro atoms. The summed E-state index contributed by atoms with van der Waals surface area (Å²) < 4.78 is 0. The molecule has 3 amide bonds. The Hall–Kier alpha value is -2.04. The summed E-state index contributed by atoms with van der Waals surface area (Å²) in [7, 11) is 0. The minimum Gasteiger partial charge on any atom is -0.335 e. The standard InChI is InChI=1S/C17H25N3O2/c1-2-13-8-10-15(11-9-13)19-16(21)12-18-17(22)20-14-6-4-3-5-7-14/h8-11,14H,2-7,12H2,1H3,(H,19,21)(H2,18,20,22). The van der Waals surface area contributed by atoms with Crippen molar-refractivity contribution in [2.45, 2.75) is 51.5 Å². The van der Waals surface area contributed by atoms with Crippen molar-refractivity contribution in [3.8, 4) is 0 Å². The fraction of sp³-hybridized carbons (Fsp3) is 0.529. The van der Waals surface area contributed by atoms with Gasteiger partial charge in [-0.25, -0.2) is 4.79 Å². The third-order valence-electron chi connectivity index (χ3n) is 4.00. The summed E-state index contributed by atoms with van der Waals surface area (Å²) in [6.45, 7) is 2.07. The van der Waals surface area contributed by atoms with Crippen LogP contribution < -0.4 is 16.0 Å². The number of amides is 3. The van der Waals surface area contributed by atoms with Crippen LogP contribution in [0, 0.1) is 0 Å². The molecule has 1 aromatic carbocycles. The van der Waals surface area contributed by atoms with Crippen LogP contribution in [0.4, 0.5) is 10.5 Å². The maximum Gasteiger partial charge on any atom is 0.315 e. The van der Waals surface area contributed by atoms with Crippen molar-refractivity contribution >= 4 is 17.6 Å². The van der Waals surface area contributed by atoms with Crippen LogP contribution in [-0.2, 0) is 11.2 Å². The molecule has 0 radical (unpaired) electrons. The molecule has 5 nitrogen and oxygen atoms in total. The molecule has 0 atom stereocenters. The summed E-state index contributed by atoms with van der Waals surface area (Å²) >= 11 is 0. The highest BCUT2D eigenvalue weighted by atomic mass is 16.2. The van der Waals surface area contributed by atoms with E-state index in [0.717, 1.165) is 24.9 Å². The van der Waals surface area contributed by atoms with Crippen molar-refractivity contribution in [2.75, 3.05) is 11.9 Å². The minimum atomic E-state index is -0.261. The summed E-state index contributed by atoms with van der Waals surface area (Å²) in [5.41, 5.74) is 1.97.